The van der Waals surface area contributed by atoms with Crippen molar-refractivity contribution in [3.8, 4) is 17.2 Å². The van der Waals surface area contributed by atoms with E-state index in [0.717, 1.165) is 0 Å². The topological polar surface area (TPSA) is 124 Å². The quantitative estimate of drug-likeness (QED) is 0.203. The third kappa shape index (κ3) is 6.14. The summed E-state index contributed by atoms with van der Waals surface area (Å²) in [5.74, 6) is 0.490. The first-order valence-corrected chi connectivity index (χ1v) is 10.2. The van der Waals surface area contributed by atoms with Gasteiger partial charge in [0, 0.05) is 11.5 Å². The van der Waals surface area contributed by atoms with Crippen LogP contribution in [0.15, 0.2) is 40.8 Å². The monoisotopic (exact) mass is 458 g/mol. The maximum Gasteiger partial charge on any atom is 1.00 e. The van der Waals surface area contributed by atoms with E-state index in [4.69, 9.17) is 18.6 Å². The zero-order chi connectivity index (χ0) is 21.9. The zero-order valence-electron chi connectivity index (χ0n) is 17.5. The summed E-state index contributed by atoms with van der Waals surface area (Å²) in [5.41, 5.74) is 1.29. The van der Waals surface area contributed by atoms with Crippen LogP contribution in [0.3, 0.4) is 0 Å². The van der Waals surface area contributed by atoms with Gasteiger partial charge in [-0.3, -0.25) is 0 Å². The van der Waals surface area contributed by atoms with Crippen molar-refractivity contribution in [2.24, 2.45) is 0 Å². The predicted octanol–water partition coefficient (Wildman–Crippen LogP) is 0.349. The van der Waals surface area contributed by atoms with Gasteiger partial charge in [0.25, 0.3) is 10.4 Å². The molecule has 0 N–H and O–H groups in total. The molecule has 31 heavy (non-hydrogen) atoms. The molecule has 0 amide bonds. The Morgan fingerprint density at radius 2 is 1.90 bits per heavy atom. The van der Waals surface area contributed by atoms with Gasteiger partial charge in [0.1, 0.15) is 29.3 Å². The van der Waals surface area contributed by atoms with Crippen LogP contribution in [0.25, 0.3) is 11.0 Å². The number of rotatable bonds is 8. The molecule has 0 unspecified atom stereocenters. The van der Waals surface area contributed by atoms with Crippen molar-refractivity contribution < 1.29 is 70.1 Å². The number of ether oxygens (including phenoxy) is 3. The van der Waals surface area contributed by atoms with Crippen LogP contribution in [0.1, 0.15) is 28.6 Å². The number of carbonyl (C=O) groups excluding carboxylic acids is 1. The van der Waals surface area contributed by atoms with E-state index in [2.05, 4.69) is 4.18 Å². The van der Waals surface area contributed by atoms with Gasteiger partial charge < -0.3 is 27.4 Å². The summed E-state index contributed by atoms with van der Waals surface area (Å²) in [6, 6.07) is 9.11. The SMILES string of the molecule is CCOC(=O)c1c(C)oc2cc(OC)c(OCc3cccc(OS(=O)(=O)[O-])c3)cc12.[Na+]. The molecule has 0 aliphatic rings. The molecule has 0 saturated heterocycles. The predicted molar refractivity (Wildman–Crippen MR) is 105 cm³/mol. The van der Waals surface area contributed by atoms with E-state index in [1.807, 2.05) is 0 Å². The Morgan fingerprint density at radius 3 is 2.55 bits per heavy atom. The average molecular weight is 458 g/mol. The molecule has 2 aromatic carbocycles. The normalized spacial score (nSPS) is 11.0. The van der Waals surface area contributed by atoms with Crippen molar-refractivity contribution in [3.63, 3.8) is 0 Å². The molecular formula is C20H19NaO9S. The molecule has 0 radical (unpaired) electrons. The first kappa shape index (κ1) is 25.0. The minimum Gasteiger partial charge on any atom is -0.716 e. The van der Waals surface area contributed by atoms with E-state index in [-0.39, 0.29) is 48.5 Å². The van der Waals surface area contributed by atoms with Crippen LogP contribution >= 0.6 is 0 Å². The number of fused-ring (bicyclic) bond motifs is 1. The molecule has 1 heterocycles. The van der Waals surface area contributed by atoms with Crippen LogP contribution in [-0.4, -0.2) is 32.7 Å². The number of esters is 1. The fourth-order valence-corrected chi connectivity index (χ4v) is 3.26. The fourth-order valence-electron chi connectivity index (χ4n) is 2.92. The maximum atomic E-state index is 12.3. The van der Waals surface area contributed by atoms with Crippen LogP contribution in [-0.2, 0) is 21.7 Å². The molecule has 0 bridgehead atoms. The van der Waals surface area contributed by atoms with Gasteiger partial charge in [-0.25, -0.2) is 13.2 Å². The smallest absolute Gasteiger partial charge is 0.716 e. The second-order valence-electron chi connectivity index (χ2n) is 6.18. The van der Waals surface area contributed by atoms with Crippen molar-refractivity contribution in [1.29, 1.82) is 0 Å². The summed E-state index contributed by atoms with van der Waals surface area (Å²) >= 11 is 0. The van der Waals surface area contributed by atoms with Gasteiger partial charge in [-0.05, 0) is 37.6 Å². The van der Waals surface area contributed by atoms with E-state index in [1.54, 1.807) is 32.0 Å². The van der Waals surface area contributed by atoms with E-state index >= 15 is 0 Å². The molecule has 3 aromatic rings. The first-order valence-electron chi connectivity index (χ1n) is 8.87. The van der Waals surface area contributed by atoms with Crippen LogP contribution < -0.4 is 43.2 Å². The molecule has 1 aromatic heterocycles. The van der Waals surface area contributed by atoms with Gasteiger partial charge in [0.2, 0.25) is 0 Å². The molecular weight excluding hydrogens is 439 g/mol. The van der Waals surface area contributed by atoms with Gasteiger partial charge in [-0.15, -0.1) is 0 Å². The number of carbonyl (C=O) groups is 1. The Balaban J connectivity index is 0.00000341. The number of benzene rings is 2. The number of methoxy groups -OCH3 is 1. The molecule has 0 aliphatic heterocycles. The van der Waals surface area contributed by atoms with Crippen molar-refractivity contribution >= 4 is 27.3 Å². The minimum absolute atomic E-state index is 0. The summed E-state index contributed by atoms with van der Waals surface area (Å²) < 4.78 is 58.5. The minimum atomic E-state index is -4.88. The van der Waals surface area contributed by atoms with Crippen molar-refractivity contribution in [3.05, 3.63) is 53.3 Å². The Kier molecular flexibility index (Phi) is 8.38. The molecule has 0 saturated carbocycles. The number of hydrogen-bond acceptors (Lipinski definition) is 9. The molecule has 0 fully saturated rings. The number of aryl methyl sites for hydroxylation is 1. The molecule has 9 nitrogen and oxygen atoms in total. The first-order chi connectivity index (χ1) is 14.2. The zero-order valence-corrected chi connectivity index (χ0v) is 20.3. The average Bonchev–Trinajstić information content (AvgIpc) is 2.99. The second kappa shape index (κ2) is 10.4. The molecule has 11 heteroatoms. The van der Waals surface area contributed by atoms with Gasteiger partial charge in [-0.2, -0.15) is 0 Å². The van der Waals surface area contributed by atoms with E-state index in [9.17, 15) is 17.8 Å². The van der Waals surface area contributed by atoms with Crippen molar-refractivity contribution in [2.75, 3.05) is 13.7 Å². The van der Waals surface area contributed by atoms with Crippen molar-refractivity contribution in [2.45, 2.75) is 20.5 Å². The van der Waals surface area contributed by atoms with Gasteiger partial charge in [0.05, 0.1) is 13.7 Å². The van der Waals surface area contributed by atoms with E-state index < -0.39 is 16.4 Å². The van der Waals surface area contributed by atoms with Crippen LogP contribution in [0.4, 0.5) is 0 Å². The standard InChI is InChI=1S/C20H20O9S.Na/c1-4-26-20(21)19-12(2)28-16-10-17(25-3)18(9-15(16)19)27-11-13-6-5-7-14(8-13)29-30(22,23)24;/h5-10H,4,11H2,1-3H3,(H,22,23,24);/q;+1/p-1. The van der Waals surface area contributed by atoms with Crippen molar-refractivity contribution in [1.82, 2.24) is 0 Å². The molecule has 0 spiro atoms. The summed E-state index contributed by atoms with van der Waals surface area (Å²) in [6.07, 6.45) is 0. The second-order valence-corrected chi connectivity index (χ2v) is 7.16. The fraction of sp³-hybridized carbons (Fsp3) is 0.250. The Hall–Kier alpha value is -2.24. The molecule has 3 rings (SSSR count). The maximum absolute atomic E-state index is 12.3. The van der Waals surface area contributed by atoms with Crippen LogP contribution in [0, 0.1) is 6.92 Å². The largest absolute Gasteiger partial charge is 1.00 e. The summed E-state index contributed by atoms with van der Waals surface area (Å²) in [4.78, 5) is 12.3. The summed E-state index contributed by atoms with van der Waals surface area (Å²) in [6.45, 7) is 3.61. The van der Waals surface area contributed by atoms with Crippen LogP contribution in [0.2, 0.25) is 0 Å². The Labute approximate surface area is 201 Å². The third-order valence-corrected chi connectivity index (χ3v) is 4.52. The molecule has 0 aliphatic carbocycles. The number of furan rings is 1. The molecule has 160 valence electrons. The number of hydrogen-bond donors (Lipinski definition) is 0. The van der Waals surface area contributed by atoms with E-state index in [1.165, 1.54) is 25.3 Å². The third-order valence-electron chi connectivity index (χ3n) is 4.12. The summed E-state index contributed by atoms with van der Waals surface area (Å²) in [5, 5.41) is 0.510. The van der Waals surface area contributed by atoms with E-state index in [0.29, 0.717) is 39.4 Å². The van der Waals surface area contributed by atoms with Gasteiger partial charge >= 0.3 is 35.5 Å². The Bertz CT molecular complexity index is 1180. The summed E-state index contributed by atoms with van der Waals surface area (Å²) in [7, 11) is -3.41. The molecule has 0 atom stereocenters. The van der Waals surface area contributed by atoms with Crippen LogP contribution in [0.5, 0.6) is 17.2 Å². The Morgan fingerprint density at radius 1 is 1.16 bits per heavy atom. The van der Waals surface area contributed by atoms with Gasteiger partial charge in [0.15, 0.2) is 11.5 Å². The van der Waals surface area contributed by atoms with Gasteiger partial charge in [-0.1, -0.05) is 12.1 Å².